The fourth-order valence-corrected chi connectivity index (χ4v) is 2.60. The van der Waals surface area contributed by atoms with E-state index in [2.05, 4.69) is 4.98 Å². The molecule has 0 amide bonds. The first-order valence-corrected chi connectivity index (χ1v) is 7.48. The average molecular weight is 345 g/mol. The number of rotatable bonds is 3. The third-order valence-corrected chi connectivity index (χ3v) is 4.18. The van der Waals surface area contributed by atoms with Crippen molar-refractivity contribution in [1.29, 1.82) is 0 Å². The van der Waals surface area contributed by atoms with Gasteiger partial charge in [-0.2, -0.15) is 0 Å². The molecule has 0 N–H and O–H groups in total. The lowest BCUT2D eigenvalue weighted by molar-refractivity contribution is -0.383. The molecule has 0 saturated carbocycles. The number of pyridine rings is 1. The van der Waals surface area contributed by atoms with Crippen molar-refractivity contribution >= 4 is 51.9 Å². The Bertz CT molecular complexity index is 939. The van der Waals surface area contributed by atoms with Crippen LogP contribution in [0.4, 0.5) is 5.69 Å². The zero-order valence-electron chi connectivity index (χ0n) is 11.7. The molecule has 3 rings (SSSR count). The quantitative estimate of drug-likeness (QED) is 0.457. The van der Waals surface area contributed by atoms with Crippen molar-refractivity contribution in [3.05, 3.63) is 79.9 Å². The van der Waals surface area contributed by atoms with Crippen LogP contribution >= 0.6 is 23.2 Å². The fraction of sp³-hybridized carbons (Fsp3) is 0. The number of nitrogens with zero attached hydrogens (tertiary/aromatic N) is 2. The van der Waals surface area contributed by atoms with Gasteiger partial charge in [-0.25, -0.2) is 4.98 Å². The molecular formula is C17H10Cl2N2O2. The van der Waals surface area contributed by atoms with Crippen LogP contribution in [0.25, 0.3) is 23.1 Å². The highest BCUT2D eigenvalue weighted by molar-refractivity contribution is 6.42. The molecule has 4 nitrogen and oxygen atoms in total. The molecule has 0 fully saturated rings. The minimum Gasteiger partial charge on any atom is -0.258 e. The van der Waals surface area contributed by atoms with Crippen molar-refractivity contribution in [3.63, 3.8) is 0 Å². The second-order valence-corrected chi connectivity index (χ2v) is 5.60. The van der Waals surface area contributed by atoms with E-state index in [1.54, 1.807) is 42.5 Å². The molecule has 3 aromatic rings. The van der Waals surface area contributed by atoms with Gasteiger partial charge in [0.15, 0.2) is 0 Å². The Labute approximate surface area is 142 Å². The molecule has 0 spiro atoms. The molecule has 0 radical (unpaired) electrons. The first-order valence-electron chi connectivity index (χ1n) is 6.72. The SMILES string of the molecule is O=[N+]([O-])c1cccc2nc(C=Cc3cccc(Cl)c3Cl)ccc12. The molecule has 0 aliphatic heterocycles. The second kappa shape index (κ2) is 6.36. The normalized spacial score (nSPS) is 11.2. The van der Waals surface area contributed by atoms with Gasteiger partial charge in [-0.15, -0.1) is 0 Å². The summed E-state index contributed by atoms with van der Waals surface area (Å²) in [6.45, 7) is 0. The van der Waals surface area contributed by atoms with Gasteiger partial charge >= 0.3 is 0 Å². The van der Waals surface area contributed by atoms with Crippen LogP contribution in [0.1, 0.15) is 11.3 Å². The number of nitro groups is 1. The molecule has 0 aliphatic rings. The Morgan fingerprint density at radius 3 is 2.57 bits per heavy atom. The summed E-state index contributed by atoms with van der Waals surface area (Å²) >= 11 is 12.1. The molecular weight excluding hydrogens is 335 g/mol. The van der Waals surface area contributed by atoms with Crippen LogP contribution in [0.3, 0.4) is 0 Å². The van der Waals surface area contributed by atoms with Crippen molar-refractivity contribution in [2.75, 3.05) is 0 Å². The minimum atomic E-state index is -0.411. The van der Waals surface area contributed by atoms with E-state index in [0.717, 1.165) is 5.56 Å². The van der Waals surface area contributed by atoms with Crippen molar-refractivity contribution in [3.8, 4) is 0 Å². The number of hydrogen-bond acceptors (Lipinski definition) is 3. The number of nitro benzene ring substituents is 1. The van der Waals surface area contributed by atoms with Crippen LogP contribution < -0.4 is 0 Å². The van der Waals surface area contributed by atoms with Crippen LogP contribution in [0.5, 0.6) is 0 Å². The summed E-state index contributed by atoms with van der Waals surface area (Å²) in [5.41, 5.74) is 2.07. The fourth-order valence-electron chi connectivity index (χ4n) is 2.23. The summed E-state index contributed by atoms with van der Waals surface area (Å²) in [7, 11) is 0. The lowest BCUT2D eigenvalue weighted by Gasteiger charge is -2.02. The maximum atomic E-state index is 11.0. The van der Waals surface area contributed by atoms with E-state index in [0.29, 0.717) is 26.6 Å². The zero-order chi connectivity index (χ0) is 16.4. The van der Waals surface area contributed by atoms with E-state index in [9.17, 15) is 10.1 Å². The molecule has 1 heterocycles. The van der Waals surface area contributed by atoms with Crippen LogP contribution in [-0.4, -0.2) is 9.91 Å². The highest BCUT2D eigenvalue weighted by Crippen LogP contribution is 2.28. The van der Waals surface area contributed by atoms with Crippen molar-refractivity contribution in [2.45, 2.75) is 0 Å². The van der Waals surface area contributed by atoms with E-state index < -0.39 is 4.92 Å². The summed E-state index contributed by atoms with van der Waals surface area (Å²) in [5.74, 6) is 0. The first kappa shape index (κ1) is 15.5. The Kier molecular flexibility index (Phi) is 4.28. The monoisotopic (exact) mass is 344 g/mol. The summed E-state index contributed by atoms with van der Waals surface area (Å²) < 4.78 is 0. The van der Waals surface area contributed by atoms with Gasteiger partial charge in [0.25, 0.3) is 5.69 Å². The van der Waals surface area contributed by atoms with E-state index in [-0.39, 0.29) is 5.69 Å². The van der Waals surface area contributed by atoms with E-state index in [4.69, 9.17) is 23.2 Å². The summed E-state index contributed by atoms with van der Waals surface area (Å²) in [6.07, 6.45) is 3.59. The zero-order valence-corrected chi connectivity index (χ0v) is 13.3. The summed E-state index contributed by atoms with van der Waals surface area (Å²) in [4.78, 5) is 15.0. The van der Waals surface area contributed by atoms with Crippen molar-refractivity contribution in [1.82, 2.24) is 4.98 Å². The highest BCUT2D eigenvalue weighted by Gasteiger charge is 2.11. The van der Waals surface area contributed by atoms with Crippen LogP contribution in [0.2, 0.25) is 10.0 Å². The van der Waals surface area contributed by atoms with Crippen molar-refractivity contribution < 1.29 is 4.92 Å². The van der Waals surface area contributed by atoms with Crippen LogP contribution in [0, 0.1) is 10.1 Å². The average Bonchev–Trinajstić information content (AvgIpc) is 2.55. The number of fused-ring (bicyclic) bond motifs is 1. The standard InChI is InChI=1S/C17H10Cl2N2O2/c18-14-4-1-3-11(17(14)19)7-8-12-9-10-13-15(20-12)5-2-6-16(13)21(22)23/h1-10H. The molecule has 23 heavy (non-hydrogen) atoms. The second-order valence-electron chi connectivity index (χ2n) is 4.81. The number of hydrogen-bond donors (Lipinski definition) is 0. The maximum Gasteiger partial charge on any atom is 0.278 e. The number of non-ortho nitro benzene ring substituents is 1. The van der Waals surface area contributed by atoms with Gasteiger partial charge < -0.3 is 0 Å². The number of aromatic nitrogens is 1. The van der Waals surface area contributed by atoms with Gasteiger partial charge in [0.1, 0.15) is 0 Å². The van der Waals surface area contributed by atoms with Gasteiger partial charge in [0, 0.05) is 6.07 Å². The topological polar surface area (TPSA) is 56.0 Å². The van der Waals surface area contributed by atoms with Gasteiger partial charge in [-0.05, 0) is 35.9 Å². The Morgan fingerprint density at radius 1 is 1.00 bits per heavy atom. The van der Waals surface area contributed by atoms with Gasteiger partial charge in [-0.3, -0.25) is 10.1 Å². The molecule has 1 aromatic heterocycles. The van der Waals surface area contributed by atoms with Crippen molar-refractivity contribution in [2.24, 2.45) is 0 Å². The number of benzene rings is 2. The van der Waals surface area contributed by atoms with Crippen LogP contribution in [0.15, 0.2) is 48.5 Å². The lowest BCUT2D eigenvalue weighted by Crippen LogP contribution is -1.91. The van der Waals surface area contributed by atoms with E-state index >= 15 is 0 Å². The highest BCUT2D eigenvalue weighted by atomic mass is 35.5. The molecule has 0 saturated heterocycles. The molecule has 6 heteroatoms. The third-order valence-electron chi connectivity index (χ3n) is 3.34. The summed E-state index contributed by atoms with van der Waals surface area (Å²) in [5, 5.41) is 12.5. The molecule has 0 bridgehead atoms. The van der Waals surface area contributed by atoms with Crippen LogP contribution in [-0.2, 0) is 0 Å². The molecule has 2 aromatic carbocycles. The smallest absolute Gasteiger partial charge is 0.258 e. The number of halogens is 2. The molecule has 0 atom stereocenters. The van der Waals surface area contributed by atoms with E-state index in [1.807, 2.05) is 12.1 Å². The largest absolute Gasteiger partial charge is 0.278 e. The summed E-state index contributed by atoms with van der Waals surface area (Å²) in [6, 6.07) is 13.6. The lowest BCUT2D eigenvalue weighted by atomic mass is 10.1. The molecule has 114 valence electrons. The third kappa shape index (κ3) is 3.18. The molecule has 0 aliphatic carbocycles. The Hall–Kier alpha value is -2.43. The predicted octanol–water partition coefficient (Wildman–Crippen LogP) is 5.62. The van der Waals surface area contributed by atoms with Gasteiger partial charge in [0.05, 0.1) is 31.6 Å². The first-order chi connectivity index (χ1) is 11.1. The van der Waals surface area contributed by atoms with Gasteiger partial charge in [0.2, 0.25) is 0 Å². The molecule has 0 unspecified atom stereocenters. The van der Waals surface area contributed by atoms with Gasteiger partial charge in [-0.1, -0.05) is 47.5 Å². The maximum absolute atomic E-state index is 11.0. The van der Waals surface area contributed by atoms with E-state index in [1.165, 1.54) is 6.07 Å². The predicted molar refractivity (Wildman–Crippen MR) is 93.8 cm³/mol. The Balaban J connectivity index is 2.00. The Morgan fingerprint density at radius 2 is 1.78 bits per heavy atom. The minimum absolute atomic E-state index is 0.0448.